The van der Waals surface area contributed by atoms with Crippen LogP contribution in [0.3, 0.4) is 0 Å². The van der Waals surface area contributed by atoms with Gasteiger partial charge in [0.1, 0.15) is 18.2 Å². The number of aromatic nitrogens is 1. The summed E-state index contributed by atoms with van der Waals surface area (Å²) < 4.78 is 5.72. The minimum atomic E-state index is -0.926. The number of likely N-dealkylation sites (N-methyl/N-ethyl adjacent to an activating group) is 2. The fraction of sp³-hybridized carbons (Fsp3) is 0.625. The standard InChI is InChI=1S/C24H34N6O4S2/c1-4-28(2)14-20-15-30(22(24(33)34-20)9-11-26-17-36)13-19-7-5-6-18(27-19)12-29(3)21(23(31)32)8-10-25-16-35/h5-7,20-22H,4,8-15H2,1-3H3,(H,31,32). The first-order valence-corrected chi connectivity index (χ1v) is 12.7. The molecule has 3 atom stereocenters. The molecule has 1 aromatic rings. The minimum absolute atomic E-state index is 0.242. The number of thiocarbonyl (C=S) groups is 2. The third-order valence-electron chi connectivity index (χ3n) is 6.10. The lowest BCUT2D eigenvalue weighted by molar-refractivity contribution is -0.168. The van der Waals surface area contributed by atoms with E-state index in [0.717, 1.165) is 17.9 Å². The van der Waals surface area contributed by atoms with Gasteiger partial charge in [-0.05, 0) is 70.1 Å². The fourth-order valence-electron chi connectivity index (χ4n) is 4.14. The normalized spacial score (nSPS) is 18.9. The number of carboxylic acids is 1. The molecular formula is C24H34N6O4S2. The topological polar surface area (TPSA) is 111 Å². The fourth-order valence-corrected chi connectivity index (χ4v) is 4.32. The van der Waals surface area contributed by atoms with Crippen molar-refractivity contribution in [1.82, 2.24) is 19.7 Å². The van der Waals surface area contributed by atoms with Crippen LogP contribution >= 0.6 is 24.4 Å². The number of rotatable bonds is 15. The molecule has 3 unspecified atom stereocenters. The molecule has 0 radical (unpaired) electrons. The van der Waals surface area contributed by atoms with Crippen molar-refractivity contribution >= 4 is 46.7 Å². The van der Waals surface area contributed by atoms with Crippen LogP contribution in [0, 0.1) is 0 Å². The predicted molar refractivity (Wildman–Crippen MR) is 143 cm³/mol. The number of nitrogens with zero attached hydrogens (tertiary/aromatic N) is 6. The number of hydrogen-bond acceptors (Lipinski definition) is 11. The van der Waals surface area contributed by atoms with Crippen LogP contribution in [0.4, 0.5) is 0 Å². The Morgan fingerprint density at radius 2 is 1.97 bits per heavy atom. The third-order valence-corrected chi connectivity index (χ3v) is 6.36. The number of esters is 1. The Balaban J connectivity index is 2.16. The quantitative estimate of drug-likeness (QED) is 0.204. The number of aliphatic carboxylic acids is 1. The van der Waals surface area contributed by atoms with E-state index in [0.29, 0.717) is 52.1 Å². The monoisotopic (exact) mass is 534 g/mol. The molecule has 2 heterocycles. The summed E-state index contributed by atoms with van der Waals surface area (Å²) in [5, 5.41) is 14.2. The summed E-state index contributed by atoms with van der Waals surface area (Å²) in [6, 6.07) is 4.50. The maximum atomic E-state index is 12.9. The van der Waals surface area contributed by atoms with E-state index in [9.17, 15) is 14.7 Å². The second-order valence-corrected chi connectivity index (χ2v) is 9.14. The Hall–Kier alpha value is -2.43. The van der Waals surface area contributed by atoms with Gasteiger partial charge in [0.2, 0.25) is 0 Å². The van der Waals surface area contributed by atoms with E-state index in [2.05, 4.69) is 61.5 Å². The van der Waals surface area contributed by atoms with E-state index in [1.165, 1.54) is 0 Å². The minimum Gasteiger partial charge on any atom is -0.480 e. The summed E-state index contributed by atoms with van der Waals surface area (Å²) in [7, 11) is 3.74. The van der Waals surface area contributed by atoms with Crippen molar-refractivity contribution in [3.05, 3.63) is 29.6 Å². The van der Waals surface area contributed by atoms with E-state index < -0.39 is 18.1 Å². The zero-order valence-corrected chi connectivity index (χ0v) is 22.6. The SMILES string of the molecule is CCN(C)CC1CN(Cc2cccc(CN(C)C(CCN=C=S)C(=O)O)n2)C(CCN=C=S)C(=O)O1. The first-order chi connectivity index (χ1) is 17.3. The van der Waals surface area contributed by atoms with E-state index in [1.54, 1.807) is 11.9 Å². The van der Waals surface area contributed by atoms with E-state index in [1.807, 2.05) is 25.2 Å². The Morgan fingerprint density at radius 3 is 2.64 bits per heavy atom. The lowest BCUT2D eigenvalue weighted by Gasteiger charge is -2.39. The van der Waals surface area contributed by atoms with Crippen LogP contribution < -0.4 is 0 Å². The van der Waals surface area contributed by atoms with E-state index in [4.69, 9.17) is 9.72 Å². The highest BCUT2D eigenvalue weighted by Crippen LogP contribution is 2.20. The zero-order chi connectivity index (χ0) is 26.5. The van der Waals surface area contributed by atoms with E-state index >= 15 is 0 Å². The number of carboxylic acid groups (broad SMARTS) is 1. The molecule has 1 N–H and O–H groups in total. The van der Waals surface area contributed by atoms with Gasteiger partial charge >= 0.3 is 11.9 Å². The first kappa shape index (κ1) is 29.8. The molecule has 10 nitrogen and oxygen atoms in total. The molecule has 0 aromatic carbocycles. The maximum absolute atomic E-state index is 12.9. The summed E-state index contributed by atoms with van der Waals surface area (Å²) in [4.78, 5) is 43.1. The highest BCUT2D eigenvalue weighted by atomic mass is 32.1. The van der Waals surface area contributed by atoms with Crippen molar-refractivity contribution in [2.45, 2.75) is 51.0 Å². The summed E-state index contributed by atoms with van der Waals surface area (Å²) >= 11 is 9.22. The number of hydrogen-bond donors (Lipinski definition) is 1. The van der Waals surface area contributed by atoms with Gasteiger partial charge in [-0.1, -0.05) is 13.0 Å². The molecule has 196 valence electrons. The number of pyridine rings is 1. The number of carbonyl (C=O) groups is 2. The number of aliphatic imine (C=N–C) groups is 2. The van der Waals surface area contributed by atoms with Crippen LogP contribution in [-0.4, -0.2) is 112 Å². The van der Waals surface area contributed by atoms with Gasteiger partial charge in [-0.3, -0.25) is 24.4 Å². The Bertz CT molecular complexity index is 983. The molecule has 0 spiro atoms. The van der Waals surface area contributed by atoms with Gasteiger partial charge in [-0.2, -0.15) is 0 Å². The largest absolute Gasteiger partial charge is 0.480 e. The van der Waals surface area contributed by atoms with Crippen LogP contribution in [0.1, 0.15) is 31.2 Å². The first-order valence-electron chi connectivity index (χ1n) is 11.9. The van der Waals surface area contributed by atoms with Crippen molar-refractivity contribution in [3.63, 3.8) is 0 Å². The molecule has 2 rings (SSSR count). The van der Waals surface area contributed by atoms with Crippen molar-refractivity contribution < 1.29 is 19.4 Å². The van der Waals surface area contributed by atoms with Crippen LogP contribution in [-0.2, 0) is 27.4 Å². The molecule has 12 heteroatoms. The van der Waals surface area contributed by atoms with Crippen molar-refractivity contribution in [1.29, 1.82) is 0 Å². The smallest absolute Gasteiger partial charge is 0.323 e. The van der Waals surface area contributed by atoms with Crippen molar-refractivity contribution in [2.24, 2.45) is 9.98 Å². The number of carbonyl (C=O) groups excluding carboxylic acids is 1. The van der Waals surface area contributed by atoms with Gasteiger partial charge in [0.15, 0.2) is 0 Å². The molecule has 0 saturated carbocycles. The number of isothiocyanates is 2. The third kappa shape index (κ3) is 9.55. The Morgan fingerprint density at radius 1 is 1.28 bits per heavy atom. The lowest BCUT2D eigenvalue weighted by atomic mass is 10.1. The molecule has 1 aromatic heterocycles. The Kier molecular flexibility index (Phi) is 12.9. The van der Waals surface area contributed by atoms with Crippen LogP contribution in [0.25, 0.3) is 0 Å². The molecule has 1 aliphatic rings. The highest BCUT2D eigenvalue weighted by Gasteiger charge is 2.36. The molecule has 36 heavy (non-hydrogen) atoms. The lowest BCUT2D eigenvalue weighted by Crippen LogP contribution is -2.55. The Labute approximate surface area is 223 Å². The summed E-state index contributed by atoms with van der Waals surface area (Å²) in [5.41, 5.74) is 1.53. The molecule has 0 aliphatic carbocycles. The van der Waals surface area contributed by atoms with Crippen molar-refractivity contribution in [2.75, 3.05) is 46.8 Å². The van der Waals surface area contributed by atoms with Crippen molar-refractivity contribution in [3.8, 4) is 0 Å². The number of cyclic esters (lactones) is 1. The summed E-state index contributed by atoms with van der Waals surface area (Å²) in [6.07, 6.45) is 0.560. The van der Waals surface area contributed by atoms with Crippen LogP contribution in [0.5, 0.6) is 0 Å². The van der Waals surface area contributed by atoms with Gasteiger partial charge in [0.05, 0.1) is 34.8 Å². The zero-order valence-electron chi connectivity index (χ0n) is 21.0. The molecule has 1 aliphatic heterocycles. The highest BCUT2D eigenvalue weighted by molar-refractivity contribution is 7.78. The maximum Gasteiger partial charge on any atom is 0.323 e. The second kappa shape index (κ2) is 15.6. The van der Waals surface area contributed by atoms with Crippen LogP contribution in [0.15, 0.2) is 28.2 Å². The van der Waals surface area contributed by atoms with Gasteiger partial charge in [0, 0.05) is 26.2 Å². The number of morpholine rings is 1. The van der Waals surface area contributed by atoms with Gasteiger partial charge in [0.25, 0.3) is 0 Å². The second-order valence-electron chi connectivity index (χ2n) is 8.77. The van der Waals surface area contributed by atoms with Crippen LogP contribution in [0.2, 0.25) is 0 Å². The summed E-state index contributed by atoms with van der Waals surface area (Å²) in [6.45, 7) is 5.63. The summed E-state index contributed by atoms with van der Waals surface area (Å²) in [5.74, 6) is -1.19. The molecule has 0 bridgehead atoms. The molecular weight excluding hydrogens is 500 g/mol. The van der Waals surface area contributed by atoms with E-state index in [-0.39, 0.29) is 12.1 Å². The average molecular weight is 535 g/mol. The van der Waals surface area contributed by atoms with Gasteiger partial charge < -0.3 is 14.7 Å². The van der Waals surface area contributed by atoms with Gasteiger partial charge in [-0.25, -0.2) is 9.98 Å². The number of ether oxygens (including phenoxy) is 1. The molecule has 1 saturated heterocycles. The molecule has 1 fully saturated rings. The van der Waals surface area contributed by atoms with Gasteiger partial charge in [-0.15, -0.1) is 0 Å². The molecule has 0 amide bonds. The average Bonchev–Trinajstić information content (AvgIpc) is 2.83. The predicted octanol–water partition coefficient (Wildman–Crippen LogP) is 2.00.